The van der Waals surface area contributed by atoms with Crippen LogP contribution in [0.15, 0.2) is 29.5 Å². The van der Waals surface area contributed by atoms with Crippen molar-refractivity contribution in [1.82, 2.24) is 4.98 Å². The number of hydrogen-bond donors (Lipinski definition) is 2. The molecule has 1 atom stereocenters. The molecular weight excluding hydrogens is 180 g/mol. The molecule has 4 heteroatoms. The molecule has 14 heavy (non-hydrogen) atoms. The van der Waals surface area contributed by atoms with Gasteiger partial charge in [0.15, 0.2) is 0 Å². The number of hydrogen-bond acceptors (Lipinski definition) is 2. The summed E-state index contributed by atoms with van der Waals surface area (Å²) in [7, 11) is 0. The standard InChI is InChI=1S/C10H10N2O2/c13-10(14)8-3-6-12-9(8)7-1-4-11-5-2-7/h1,3-7,12H,2H2,(H,13,14). The summed E-state index contributed by atoms with van der Waals surface area (Å²) in [5.41, 5.74) is 1.09. The molecule has 1 aromatic heterocycles. The van der Waals surface area contributed by atoms with Crippen LogP contribution in [0.2, 0.25) is 0 Å². The molecule has 0 fully saturated rings. The monoisotopic (exact) mass is 190 g/mol. The van der Waals surface area contributed by atoms with Crippen LogP contribution in [-0.4, -0.2) is 22.3 Å². The molecule has 0 aromatic carbocycles. The van der Waals surface area contributed by atoms with Gasteiger partial charge in [-0.2, -0.15) is 0 Å². The lowest BCUT2D eigenvalue weighted by molar-refractivity contribution is 0.0695. The van der Waals surface area contributed by atoms with E-state index >= 15 is 0 Å². The molecule has 0 saturated heterocycles. The summed E-state index contributed by atoms with van der Waals surface area (Å²) < 4.78 is 0. The van der Waals surface area contributed by atoms with E-state index in [1.54, 1.807) is 24.7 Å². The molecule has 2 N–H and O–H groups in total. The zero-order valence-electron chi connectivity index (χ0n) is 7.47. The van der Waals surface area contributed by atoms with Crippen molar-refractivity contribution in [1.29, 1.82) is 0 Å². The highest BCUT2D eigenvalue weighted by atomic mass is 16.4. The maximum atomic E-state index is 10.8. The number of aromatic carboxylic acids is 1. The second kappa shape index (κ2) is 3.49. The van der Waals surface area contributed by atoms with Crippen molar-refractivity contribution in [2.45, 2.75) is 12.3 Å². The first-order chi connectivity index (χ1) is 6.79. The van der Waals surface area contributed by atoms with Crippen molar-refractivity contribution in [2.75, 3.05) is 0 Å². The third-order valence-electron chi connectivity index (χ3n) is 2.25. The van der Waals surface area contributed by atoms with Gasteiger partial charge in [-0.3, -0.25) is 4.99 Å². The molecule has 1 aliphatic rings. The van der Waals surface area contributed by atoms with E-state index in [1.807, 2.05) is 6.08 Å². The SMILES string of the molecule is O=C(O)c1cc[nH]c1C1C=CN=CC1. The molecule has 4 nitrogen and oxygen atoms in total. The minimum atomic E-state index is -0.892. The van der Waals surface area contributed by atoms with Gasteiger partial charge in [-0.05, 0) is 12.5 Å². The lowest BCUT2D eigenvalue weighted by atomic mass is 9.98. The molecule has 1 aromatic rings. The third kappa shape index (κ3) is 1.46. The number of nitrogens with zero attached hydrogens (tertiary/aromatic N) is 1. The lowest BCUT2D eigenvalue weighted by Crippen LogP contribution is -2.06. The Balaban J connectivity index is 2.32. The van der Waals surface area contributed by atoms with Crippen molar-refractivity contribution < 1.29 is 9.90 Å². The maximum absolute atomic E-state index is 10.8. The van der Waals surface area contributed by atoms with Crippen molar-refractivity contribution in [2.24, 2.45) is 4.99 Å². The minimum absolute atomic E-state index is 0.105. The van der Waals surface area contributed by atoms with E-state index in [0.29, 0.717) is 5.56 Å². The number of nitrogens with one attached hydrogen (secondary N) is 1. The van der Waals surface area contributed by atoms with Gasteiger partial charge in [0.1, 0.15) is 0 Å². The fourth-order valence-corrected chi connectivity index (χ4v) is 1.56. The van der Waals surface area contributed by atoms with E-state index in [9.17, 15) is 4.79 Å². The number of H-pyrrole nitrogens is 1. The first kappa shape index (κ1) is 8.74. The van der Waals surface area contributed by atoms with Crippen LogP contribution >= 0.6 is 0 Å². The normalized spacial score (nSPS) is 19.9. The molecule has 2 rings (SSSR count). The van der Waals surface area contributed by atoms with Gasteiger partial charge in [0.05, 0.1) is 5.56 Å². The second-order valence-corrected chi connectivity index (χ2v) is 3.13. The summed E-state index contributed by atoms with van der Waals surface area (Å²) in [6.45, 7) is 0. The molecule has 1 aliphatic heterocycles. The van der Waals surface area contributed by atoms with E-state index in [0.717, 1.165) is 12.1 Å². The fraction of sp³-hybridized carbons (Fsp3) is 0.200. The Morgan fingerprint density at radius 1 is 1.64 bits per heavy atom. The van der Waals surface area contributed by atoms with E-state index < -0.39 is 5.97 Å². The first-order valence-electron chi connectivity index (χ1n) is 4.38. The smallest absolute Gasteiger partial charge is 0.337 e. The second-order valence-electron chi connectivity index (χ2n) is 3.13. The van der Waals surface area contributed by atoms with Gasteiger partial charge < -0.3 is 10.1 Å². The highest BCUT2D eigenvalue weighted by Gasteiger charge is 2.18. The van der Waals surface area contributed by atoms with E-state index in [1.165, 1.54) is 0 Å². The van der Waals surface area contributed by atoms with Crippen molar-refractivity contribution in [3.63, 3.8) is 0 Å². The summed E-state index contributed by atoms with van der Waals surface area (Å²) in [6.07, 6.45) is 7.78. The average Bonchev–Trinajstić information content (AvgIpc) is 2.67. The Morgan fingerprint density at radius 2 is 2.50 bits per heavy atom. The Hall–Kier alpha value is -1.84. The van der Waals surface area contributed by atoms with Gasteiger partial charge in [0.2, 0.25) is 0 Å². The van der Waals surface area contributed by atoms with Crippen LogP contribution in [0.4, 0.5) is 0 Å². The number of carbonyl (C=O) groups is 1. The summed E-state index contributed by atoms with van der Waals surface area (Å²) in [6, 6.07) is 1.58. The zero-order chi connectivity index (χ0) is 9.97. The molecule has 0 saturated carbocycles. The molecule has 0 amide bonds. The van der Waals surface area contributed by atoms with E-state index in [-0.39, 0.29) is 5.92 Å². The number of aliphatic imine (C=N–C) groups is 1. The van der Waals surface area contributed by atoms with Gasteiger partial charge in [0, 0.05) is 30.2 Å². The van der Waals surface area contributed by atoms with Gasteiger partial charge in [-0.25, -0.2) is 4.79 Å². The van der Waals surface area contributed by atoms with Crippen LogP contribution in [0.5, 0.6) is 0 Å². The third-order valence-corrected chi connectivity index (χ3v) is 2.25. The van der Waals surface area contributed by atoms with Crippen molar-refractivity contribution in [3.8, 4) is 0 Å². The van der Waals surface area contributed by atoms with E-state index in [2.05, 4.69) is 9.98 Å². The number of allylic oxidation sites excluding steroid dienone is 1. The zero-order valence-corrected chi connectivity index (χ0v) is 7.47. The Labute approximate surface area is 81.0 Å². The average molecular weight is 190 g/mol. The summed E-state index contributed by atoms with van der Waals surface area (Å²) in [5, 5.41) is 8.91. The first-order valence-corrected chi connectivity index (χ1v) is 4.38. The van der Waals surface area contributed by atoms with Gasteiger partial charge in [-0.1, -0.05) is 6.08 Å². The predicted octanol–water partition coefficient (Wildman–Crippen LogP) is 1.78. The summed E-state index contributed by atoms with van der Waals surface area (Å²) in [5.74, 6) is -0.786. The molecule has 1 unspecified atom stereocenters. The number of aromatic nitrogens is 1. The number of aromatic amines is 1. The van der Waals surface area contributed by atoms with Crippen molar-refractivity contribution >= 4 is 12.2 Å². The number of rotatable bonds is 2. The van der Waals surface area contributed by atoms with E-state index in [4.69, 9.17) is 5.11 Å². The van der Waals surface area contributed by atoms with Crippen LogP contribution in [-0.2, 0) is 0 Å². The Kier molecular flexibility index (Phi) is 2.18. The Morgan fingerprint density at radius 3 is 3.14 bits per heavy atom. The topological polar surface area (TPSA) is 65.4 Å². The molecule has 0 spiro atoms. The lowest BCUT2D eigenvalue weighted by Gasteiger charge is -2.11. The van der Waals surface area contributed by atoms with Crippen LogP contribution < -0.4 is 0 Å². The number of carboxylic acids is 1. The maximum Gasteiger partial charge on any atom is 0.337 e. The van der Waals surface area contributed by atoms with Crippen LogP contribution in [0.3, 0.4) is 0 Å². The number of carboxylic acid groups (broad SMARTS) is 1. The van der Waals surface area contributed by atoms with Gasteiger partial charge >= 0.3 is 5.97 Å². The van der Waals surface area contributed by atoms with Gasteiger partial charge in [0.25, 0.3) is 0 Å². The summed E-state index contributed by atoms with van der Waals surface area (Å²) in [4.78, 5) is 17.8. The highest BCUT2D eigenvalue weighted by molar-refractivity contribution is 5.89. The molecule has 72 valence electrons. The van der Waals surface area contributed by atoms with Crippen LogP contribution in [0.25, 0.3) is 0 Å². The quantitative estimate of drug-likeness (QED) is 0.746. The molecule has 0 bridgehead atoms. The van der Waals surface area contributed by atoms with Gasteiger partial charge in [-0.15, -0.1) is 0 Å². The molecule has 2 heterocycles. The highest BCUT2D eigenvalue weighted by Crippen LogP contribution is 2.24. The largest absolute Gasteiger partial charge is 0.478 e. The van der Waals surface area contributed by atoms with Crippen molar-refractivity contribution in [3.05, 3.63) is 35.8 Å². The van der Waals surface area contributed by atoms with Crippen LogP contribution in [0, 0.1) is 0 Å². The Bertz CT molecular complexity index is 404. The molecular formula is C10H10N2O2. The molecule has 0 aliphatic carbocycles. The van der Waals surface area contributed by atoms with Crippen LogP contribution in [0.1, 0.15) is 28.4 Å². The molecule has 0 radical (unpaired) electrons. The fourth-order valence-electron chi connectivity index (χ4n) is 1.56. The minimum Gasteiger partial charge on any atom is -0.478 e. The predicted molar refractivity (Wildman–Crippen MR) is 52.7 cm³/mol. The summed E-state index contributed by atoms with van der Waals surface area (Å²) >= 11 is 0.